The third-order valence-corrected chi connectivity index (χ3v) is 3.69. The summed E-state index contributed by atoms with van der Waals surface area (Å²) in [5.74, 6) is 3.33. The molecule has 0 aromatic carbocycles. The minimum atomic E-state index is 0.548. The summed E-state index contributed by atoms with van der Waals surface area (Å²) in [4.78, 5) is 10.8. The zero-order valence-corrected chi connectivity index (χ0v) is 12.3. The SMILES string of the molecule is Cc1cc(Nc2ncnc(N3CCCC(C)C3)c2N)no1. The molecule has 7 nitrogen and oxygen atoms in total. The summed E-state index contributed by atoms with van der Waals surface area (Å²) >= 11 is 0. The van der Waals surface area contributed by atoms with Gasteiger partial charge in [0.25, 0.3) is 0 Å². The van der Waals surface area contributed by atoms with Gasteiger partial charge < -0.3 is 20.5 Å². The lowest BCUT2D eigenvalue weighted by Gasteiger charge is -2.32. The smallest absolute Gasteiger partial charge is 0.175 e. The van der Waals surface area contributed by atoms with E-state index in [2.05, 4.69) is 32.3 Å². The summed E-state index contributed by atoms with van der Waals surface area (Å²) in [6, 6.07) is 1.80. The normalized spacial score (nSPS) is 18.8. The largest absolute Gasteiger partial charge is 0.393 e. The highest BCUT2D eigenvalue weighted by Crippen LogP contribution is 2.30. The van der Waals surface area contributed by atoms with Gasteiger partial charge in [-0.25, -0.2) is 9.97 Å². The number of rotatable bonds is 3. The van der Waals surface area contributed by atoms with Crippen LogP contribution >= 0.6 is 0 Å². The molecule has 0 amide bonds. The number of anilines is 4. The van der Waals surface area contributed by atoms with E-state index in [0.29, 0.717) is 23.2 Å². The molecule has 2 aromatic heterocycles. The molecule has 7 heteroatoms. The van der Waals surface area contributed by atoms with Crippen LogP contribution in [0.1, 0.15) is 25.5 Å². The fourth-order valence-corrected chi connectivity index (χ4v) is 2.67. The summed E-state index contributed by atoms with van der Waals surface area (Å²) in [7, 11) is 0. The molecule has 1 fully saturated rings. The summed E-state index contributed by atoms with van der Waals surface area (Å²) in [6.07, 6.45) is 3.95. The molecule has 0 aliphatic carbocycles. The monoisotopic (exact) mass is 288 g/mol. The predicted octanol–water partition coefficient (Wildman–Crippen LogP) is 2.34. The van der Waals surface area contributed by atoms with Crippen molar-refractivity contribution in [3.8, 4) is 0 Å². The van der Waals surface area contributed by atoms with Gasteiger partial charge in [0.1, 0.15) is 17.8 Å². The molecule has 1 aliphatic heterocycles. The summed E-state index contributed by atoms with van der Waals surface area (Å²) in [5, 5.41) is 6.97. The Balaban J connectivity index is 1.84. The van der Waals surface area contributed by atoms with Crippen LogP contribution in [0.15, 0.2) is 16.9 Å². The number of aryl methyl sites for hydroxylation is 1. The number of nitrogen functional groups attached to an aromatic ring is 1. The quantitative estimate of drug-likeness (QED) is 0.895. The Labute approximate surface area is 123 Å². The Hall–Kier alpha value is -2.31. The number of nitrogens with one attached hydrogen (secondary N) is 1. The third kappa shape index (κ3) is 2.91. The van der Waals surface area contributed by atoms with Gasteiger partial charge >= 0.3 is 0 Å². The molecule has 21 heavy (non-hydrogen) atoms. The van der Waals surface area contributed by atoms with Gasteiger partial charge in [0.2, 0.25) is 0 Å². The molecule has 1 saturated heterocycles. The van der Waals surface area contributed by atoms with Crippen molar-refractivity contribution in [2.24, 2.45) is 5.92 Å². The van der Waals surface area contributed by atoms with Crippen LogP contribution in [0.4, 0.5) is 23.1 Å². The molecule has 2 aromatic rings. The summed E-state index contributed by atoms with van der Waals surface area (Å²) in [5.41, 5.74) is 6.78. The molecule has 0 radical (unpaired) electrons. The maximum atomic E-state index is 6.23. The molecule has 0 saturated carbocycles. The second-order valence-electron chi connectivity index (χ2n) is 5.60. The van der Waals surface area contributed by atoms with Crippen molar-refractivity contribution >= 4 is 23.1 Å². The molecule has 112 valence electrons. The molecule has 3 N–H and O–H groups in total. The molecule has 3 heterocycles. The number of nitrogens with zero attached hydrogens (tertiary/aromatic N) is 4. The maximum absolute atomic E-state index is 6.23. The number of aromatic nitrogens is 3. The second kappa shape index (κ2) is 5.59. The van der Waals surface area contributed by atoms with Gasteiger partial charge in [-0.05, 0) is 25.7 Å². The Morgan fingerprint density at radius 1 is 1.43 bits per heavy atom. The zero-order chi connectivity index (χ0) is 14.8. The van der Waals surface area contributed by atoms with Crippen molar-refractivity contribution in [2.75, 3.05) is 29.0 Å². The molecule has 3 rings (SSSR count). The average Bonchev–Trinajstić information content (AvgIpc) is 2.86. The lowest BCUT2D eigenvalue weighted by atomic mass is 10.0. The van der Waals surface area contributed by atoms with Crippen molar-refractivity contribution in [3.63, 3.8) is 0 Å². The Morgan fingerprint density at radius 2 is 2.29 bits per heavy atom. The van der Waals surface area contributed by atoms with Gasteiger partial charge in [-0.3, -0.25) is 0 Å². The molecule has 1 unspecified atom stereocenters. The molecule has 0 spiro atoms. The van der Waals surface area contributed by atoms with Gasteiger partial charge in [-0.15, -0.1) is 0 Å². The standard InChI is InChI=1S/C14H20N6O/c1-9-4-3-5-20(7-9)14-12(15)13(16-8-17-14)18-11-6-10(2)21-19-11/h6,8-9H,3-5,7,15H2,1-2H3,(H,16,17,18,19). The highest BCUT2D eigenvalue weighted by Gasteiger charge is 2.21. The first kappa shape index (κ1) is 13.7. The Bertz CT molecular complexity index is 626. The van der Waals surface area contributed by atoms with Gasteiger partial charge in [-0.2, -0.15) is 0 Å². The van der Waals surface area contributed by atoms with Gasteiger partial charge in [0.15, 0.2) is 17.5 Å². The predicted molar refractivity (Wildman–Crippen MR) is 81.6 cm³/mol. The topological polar surface area (TPSA) is 93.1 Å². The van der Waals surface area contributed by atoms with Crippen LogP contribution in [0.2, 0.25) is 0 Å². The van der Waals surface area contributed by atoms with E-state index in [0.717, 1.165) is 31.1 Å². The van der Waals surface area contributed by atoms with Crippen LogP contribution in [-0.2, 0) is 0 Å². The average molecular weight is 288 g/mol. The van der Waals surface area contributed by atoms with Gasteiger partial charge in [-0.1, -0.05) is 12.1 Å². The highest BCUT2D eigenvalue weighted by molar-refractivity contribution is 5.77. The minimum Gasteiger partial charge on any atom is -0.393 e. The van der Waals surface area contributed by atoms with E-state index in [4.69, 9.17) is 10.3 Å². The first-order valence-electron chi connectivity index (χ1n) is 7.19. The van der Waals surface area contributed by atoms with Crippen molar-refractivity contribution in [1.82, 2.24) is 15.1 Å². The van der Waals surface area contributed by atoms with Crippen LogP contribution in [0.3, 0.4) is 0 Å². The van der Waals surface area contributed by atoms with E-state index in [9.17, 15) is 0 Å². The van der Waals surface area contributed by atoms with Crippen molar-refractivity contribution in [3.05, 3.63) is 18.2 Å². The van der Waals surface area contributed by atoms with Gasteiger partial charge in [0, 0.05) is 19.2 Å². The van der Waals surface area contributed by atoms with Crippen molar-refractivity contribution in [2.45, 2.75) is 26.7 Å². The number of nitrogens with two attached hydrogens (primary N) is 1. The maximum Gasteiger partial charge on any atom is 0.175 e. The first-order valence-corrected chi connectivity index (χ1v) is 7.19. The van der Waals surface area contributed by atoms with Gasteiger partial charge in [0.05, 0.1) is 0 Å². The van der Waals surface area contributed by atoms with Crippen LogP contribution < -0.4 is 16.0 Å². The van der Waals surface area contributed by atoms with E-state index in [1.54, 1.807) is 6.07 Å². The number of hydrogen-bond donors (Lipinski definition) is 2. The van der Waals surface area contributed by atoms with E-state index >= 15 is 0 Å². The Morgan fingerprint density at radius 3 is 3.00 bits per heavy atom. The fourth-order valence-electron chi connectivity index (χ4n) is 2.67. The first-order chi connectivity index (χ1) is 10.1. The summed E-state index contributed by atoms with van der Waals surface area (Å²) in [6.45, 7) is 6.04. The second-order valence-corrected chi connectivity index (χ2v) is 5.60. The van der Waals surface area contributed by atoms with Crippen LogP contribution in [-0.4, -0.2) is 28.2 Å². The lowest BCUT2D eigenvalue weighted by Crippen LogP contribution is -2.35. The molecular weight excluding hydrogens is 268 g/mol. The zero-order valence-electron chi connectivity index (χ0n) is 12.3. The van der Waals surface area contributed by atoms with Crippen molar-refractivity contribution in [1.29, 1.82) is 0 Å². The Kier molecular flexibility index (Phi) is 3.64. The van der Waals surface area contributed by atoms with E-state index in [1.807, 2.05) is 6.92 Å². The third-order valence-electron chi connectivity index (χ3n) is 3.69. The molecule has 0 bridgehead atoms. The van der Waals surface area contributed by atoms with Crippen LogP contribution in [0.5, 0.6) is 0 Å². The number of piperidine rings is 1. The molecule has 1 atom stereocenters. The highest BCUT2D eigenvalue weighted by atomic mass is 16.5. The van der Waals surface area contributed by atoms with E-state index < -0.39 is 0 Å². The molecular formula is C14H20N6O. The summed E-state index contributed by atoms with van der Waals surface area (Å²) < 4.78 is 5.03. The van der Waals surface area contributed by atoms with Crippen LogP contribution in [0, 0.1) is 12.8 Å². The lowest BCUT2D eigenvalue weighted by molar-refractivity contribution is 0.400. The van der Waals surface area contributed by atoms with Crippen LogP contribution in [0.25, 0.3) is 0 Å². The van der Waals surface area contributed by atoms with E-state index in [1.165, 1.54) is 12.7 Å². The minimum absolute atomic E-state index is 0.548. The van der Waals surface area contributed by atoms with E-state index in [-0.39, 0.29) is 0 Å². The number of hydrogen-bond acceptors (Lipinski definition) is 7. The van der Waals surface area contributed by atoms with Crippen molar-refractivity contribution < 1.29 is 4.52 Å². The molecule has 1 aliphatic rings. The fraction of sp³-hybridized carbons (Fsp3) is 0.500.